The molecule has 0 saturated carbocycles. The first-order chi connectivity index (χ1) is 12.1. The number of urea groups is 1. The fraction of sp³-hybridized carbons (Fsp3) is 0.684. The van der Waals surface area contributed by atoms with Crippen LogP contribution in [-0.2, 0) is 4.74 Å². The summed E-state index contributed by atoms with van der Waals surface area (Å²) in [5, 5.41) is 3.03. The summed E-state index contributed by atoms with van der Waals surface area (Å²) in [6.07, 6.45) is 8.34. The van der Waals surface area contributed by atoms with Crippen molar-refractivity contribution in [3.05, 3.63) is 30.1 Å². The van der Waals surface area contributed by atoms with Crippen LogP contribution in [0.15, 0.2) is 24.5 Å². The summed E-state index contributed by atoms with van der Waals surface area (Å²) in [6, 6.07) is 4.46. The van der Waals surface area contributed by atoms with Gasteiger partial charge in [-0.15, -0.1) is 0 Å². The van der Waals surface area contributed by atoms with Crippen molar-refractivity contribution in [1.82, 2.24) is 20.1 Å². The highest BCUT2D eigenvalue weighted by Crippen LogP contribution is 2.36. The van der Waals surface area contributed by atoms with Crippen LogP contribution in [0.4, 0.5) is 4.79 Å². The highest BCUT2D eigenvalue weighted by molar-refractivity contribution is 5.73. The van der Waals surface area contributed by atoms with Gasteiger partial charge in [0, 0.05) is 45.2 Å². The molecule has 2 fully saturated rings. The van der Waals surface area contributed by atoms with Gasteiger partial charge in [-0.05, 0) is 56.8 Å². The van der Waals surface area contributed by atoms with Gasteiger partial charge in [-0.25, -0.2) is 4.79 Å². The summed E-state index contributed by atoms with van der Waals surface area (Å²) >= 11 is 0. The van der Waals surface area contributed by atoms with Gasteiger partial charge in [-0.3, -0.25) is 9.88 Å². The molecule has 25 heavy (non-hydrogen) atoms. The first-order valence-corrected chi connectivity index (χ1v) is 9.36. The lowest BCUT2D eigenvalue weighted by Gasteiger charge is -2.28. The summed E-state index contributed by atoms with van der Waals surface area (Å²) in [7, 11) is 4.04. The number of amides is 2. The number of carbonyl (C=O) groups is 1. The quantitative estimate of drug-likeness (QED) is 0.859. The first-order valence-electron chi connectivity index (χ1n) is 9.36. The molecule has 3 rings (SSSR count). The van der Waals surface area contributed by atoms with Crippen molar-refractivity contribution in [1.29, 1.82) is 0 Å². The second-order valence-corrected chi connectivity index (χ2v) is 7.30. The van der Waals surface area contributed by atoms with Gasteiger partial charge in [-0.1, -0.05) is 6.07 Å². The van der Waals surface area contributed by atoms with Crippen molar-refractivity contribution in [2.45, 2.75) is 37.8 Å². The van der Waals surface area contributed by atoms with Crippen molar-refractivity contribution in [3.8, 4) is 0 Å². The highest BCUT2D eigenvalue weighted by atomic mass is 16.5. The second-order valence-electron chi connectivity index (χ2n) is 7.30. The van der Waals surface area contributed by atoms with E-state index in [2.05, 4.69) is 28.3 Å². The molecule has 1 aromatic heterocycles. The maximum absolute atomic E-state index is 12.4. The Kier molecular flexibility index (Phi) is 6.26. The van der Waals surface area contributed by atoms with Gasteiger partial charge in [0.25, 0.3) is 0 Å². The Morgan fingerprint density at radius 3 is 3.08 bits per heavy atom. The molecule has 1 N–H and O–H groups in total. The van der Waals surface area contributed by atoms with Crippen molar-refractivity contribution >= 4 is 6.03 Å². The van der Waals surface area contributed by atoms with Crippen LogP contribution in [0.5, 0.6) is 0 Å². The molecule has 6 nitrogen and oxygen atoms in total. The average Bonchev–Trinajstić information content (AvgIpc) is 3.25. The lowest BCUT2D eigenvalue weighted by atomic mass is 9.94. The number of hydrogen-bond donors (Lipinski definition) is 1. The van der Waals surface area contributed by atoms with Crippen molar-refractivity contribution in [3.63, 3.8) is 0 Å². The molecule has 0 radical (unpaired) electrons. The molecule has 0 spiro atoms. The van der Waals surface area contributed by atoms with E-state index >= 15 is 0 Å². The van der Waals surface area contributed by atoms with Crippen LogP contribution in [0, 0.1) is 5.92 Å². The minimum atomic E-state index is 0.0116. The van der Waals surface area contributed by atoms with Crippen LogP contribution in [0.2, 0.25) is 0 Å². The van der Waals surface area contributed by atoms with Crippen LogP contribution in [0.3, 0.4) is 0 Å². The average molecular weight is 346 g/mol. The van der Waals surface area contributed by atoms with Gasteiger partial charge >= 0.3 is 6.03 Å². The Bertz CT molecular complexity index is 548. The van der Waals surface area contributed by atoms with E-state index < -0.39 is 0 Å². The Morgan fingerprint density at radius 2 is 2.36 bits per heavy atom. The van der Waals surface area contributed by atoms with Gasteiger partial charge in [0.15, 0.2) is 0 Å². The minimum absolute atomic E-state index is 0.0116. The standard InChI is InChI=1S/C19H30N4O2/c1-22-11-8-16(18(22)15-5-3-9-20-13-15)14-23(2)19(24)21-10-7-17-6-4-12-25-17/h3,5,9,13,16-18H,4,6-8,10-12,14H2,1-2H3,(H,21,24)/t16-,17?,18-/m0/s1. The molecular formula is C19H30N4O2. The summed E-state index contributed by atoms with van der Waals surface area (Å²) in [4.78, 5) is 20.8. The van der Waals surface area contributed by atoms with E-state index in [1.165, 1.54) is 5.56 Å². The fourth-order valence-electron chi connectivity index (χ4n) is 4.08. The fourth-order valence-corrected chi connectivity index (χ4v) is 4.08. The first kappa shape index (κ1) is 18.1. The van der Waals surface area contributed by atoms with Gasteiger partial charge in [0.1, 0.15) is 0 Å². The summed E-state index contributed by atoms with van der Waals surface area (Å²) in [6.45, 7) is 3.36. The molecule has 6 heteroatoms. The zero-order chi connectivity index (χ0) is 17.6. The molecule has 0 aliphatic carbocycles. The molecule has 2 aliphatic heterocycles. The number of hydrogen-bond acceptors (Lipinski definition) is 4. The largest absolute Gasteiger partial charge is 0.378 e. The van der Waals surface area contributed by atoms with Crippen LogP contribution in [-0.4, -0.2) is 67.3 Å². The molecule has 0 bridgehead atoms. The van der Waals surface area contributed by atoms with Crippen LogP contribution in [0.1, 0.15) is 37.3 Å². The van der Waals surface area contributed by atoms with Crippen LogP contribution < -0.4 is 5.32 Å². The van der Waals surface area contributed by atoms with E-state index in [0.29, 0.717) is 24.6 Å². The SMILES string of the molecule is CN(C[C@@H]1CCN(C)[C@H]1c1cccnc1)C(=O)NCCC1CCCO1. The van der Waals surface area contributed by atoms with Gasteiger partial charge in [-0.2, -0.15) is 0 Å². The third-order valence-electron chi connectivity index (χ3n) is 5.42. The molecule has 2 amide bonds. The van der Waals surface area contributed by atoms with E-state index in [0.717, 1.165) is 45.4 Å². The van der Waals surface area contributed by atoms with E-state index in [-0.39, 0.29) is 6.03 Å². The maximum Gasteiger partial charge on any atom is 0.317 e. The molecule has 3 heterocycles. The number of likely N-dealkylation sites (tertiary alicyclic amines) is 1. The van der Waals surface area contributed by atoms with Crippen molar-refractivity contribution in [2.75, 3.05) is 40.3 Å². The predicted molar refractivity (Wildman–Crippen MR) is 97.3 cm³/mol. The molecular weight excluding hydrogens is 316 g/mol. The molecule has 1 aromatic rings. The third-order valence-corrected chi connectivity index (χ3v) is 5.42. The Hall–Kier alpha value is -1.66. The number of nitrogens with zero attached hydrogens (tertiary/aromatic N) is 3. The number of rotatable bonds is 6. The normalized spacial score (nSPS) is 26.7. The monoisotopic (exact) mass is 346 g/mol. The topological polar surface area (TPSA) is 57.7 Å². The molecule has 2 saturated heterocycles. The minimum Gasteiger partial charge on any atom is -0.378 e. The van der Waals surface area contributed by atoms with Crippen molar-refractivity contribution < 1.29 is 9.53 Å². The van der Waals surface area contributed by atoms with Crippen molar-refractivity contribution in [2.24, 2.45) is 5.92 Å². The molecule has 2 aliphatic rings. The number of nitrogens with one attached hydrogen (secondary N) is 1. The summed E-state index contributed by atoms with van der Waals surface area (Å²) < 4.78 is 5.60. The Labute approximate surface area is 150 Å². The van der Waals surface area contributed by atoms with E-state index in [4.69, 9.17) is 4.74 Å². The highest BCUT2D eigenvalue weighted by Gasteiger charge is 2.34. The molecule has 138 valence electrons. The summed E-state index contributed by atoms with van der Waals surface area (Å²) in [5.41, 5.74) is 1.24. The van der Waals surface area contributed by atoms with Gasteiger partial charge in [0.2, 0.25) is 0 Å². The van der Waals surface area contributed by atoms with E-state index in [1.807, 2.05) is 24.2 Å². The third kappa shape index (κ3) is 4.70. The lowest BCUT2D eigenvalue weighted by molar-refractivity contribution is 0.104. The molecule has 3 atom stereocenters. The summed E-state index contributed by atoms with van der Waals surface area (Å²) in [5.74, 6) is 0.433. The maximum atomic E-state index is 12.4. The molecule has 0 aromatic carbocycles. The van der Waals surface area contributed by atoms with Gasteiger partial charge in [0.05, 0.1) is 6.10 Å². The number of ether oxygens (including phenoxy) is 1. The second kappa shape index (κ2) is 8.63. The predicted octanol–water partition coefficient (Wildman–Crippen LogP) is 2.28. The lowest BCUT2D eigenvalue weighted by Crippen LogP contribution is -2.41. The Morgan fingerprint density at radius 1 is 1.48 bits per heavy atom. The zero-order valence-corrected chi connectivity index (χ0v) is 15.4. The van der Waals surface area contributed by atoms with E-state index in [1.54, 1.807) is 6.20 Å². The Balaban J connectivity index is 1.48. The van der Waals surface area contributed by atoms with Gasteiger partial charge < -0.3 is 15.0 Å². The molecule has 1 unspecified atom stereocenters. The smallest absolute Gasteiger partial charge is 0.317 e. The van der Waals surface area contributed by atoms with Crippen LogP contribution >= 0.6 is 0 Å². The van der Waals surface area contributed by atoms with Crippen LogP contribution in [0.25, 0.3) is 0 Å². The zero-order valence-electron chi connectivity index (χ0n) is 15.4. The van der Waals surface area contributed by atoms with E-state index in [9.17, 15) is 4.79 Å². The number of aromatic nitrogens is 1. The number of carbonyl (C=O) groups excluding carboxylic acids is 1. The number of pyridine rings is 1.